The predicted octanol–water partition coefficient (Wildman–Crippen LogP) is 2.25. The molecule has 0 saturated heterocycles. The molecule has 3 aromatic rings. The van der Waals surface area contributed by atoms with E-state index in [2.05, 4.69) is 25.6 Å². The van der Waals surface area contributed by atoms with E-state index < -0.39 is 0 Å². The summed E-state index contributed by atoms with van der Waals surface area (Å²) in [6.45, 7) is 0. The van der Waals surface area contributed by atoms with E-state index in [1.807, 2.05) is 24.3 Å². The number of amides is 1. The van der Waals surface area contributed by atoms with Crippen LogP contribution in [0.1, 0.15) is 10.5 Å². The number of hydrogen-bond acceptors (Lipinski definition) is 4. The number of hydrogen-bond donors (Lipinski definition) is 3. The molecular weight excluding hydrogens is 254 g/mol. The Bertz CT molecular complexity index is 732. The molecule has 3 N–H and O–H groups in total. The Kier molecular flexibility index (Phi) is 3.04. The summed E-state index contributed by atoms with van der Waals surface area (Å²) in [4.78, 5) is 23.6. The van der Waals surface area contributed by atoms with Crippen molar-refractivity contribution >= 4 is 28.7 Å². The lowest BCUT2D eigenvalue weighted by atomic mass is 10.3. The van der Waals surface area contributed by atoms with E-state index in [0.717, 1.165) is 11.0 Å². The van der Waals surface area contributed by atoms with Gasteiger partial charge in [0.2, 0.25) is 5.95 Å². The number of pyridine rings is 1. The first-order valence-corrected chi connectivity index (χ1v) is 6.17. The highest BCUT2D eigenvalue weighted by atomic mass is 16.2. The molecular formula is C14H13N5O. The third-order valence-electron chi connectivity index (χ3n) is 2.86. The second-order valence-electron chi connectivity index (χ2n) is 4.21. The lowest BCUT2D eigenvalue weighted by Crippen LogP contribution is -2.15. The first kappa shape index (κ1) is 12.2. The Morgan fingerprint density at radius 2 is 1.95 bits per heavy atom. The summed E-state index contributed by atoms with van der Waals surface area (Å²) in [5, 5.41) is 5.60. The molecule has 2 aromatic heterocycles. The van der Waals surface area contributed by atoms with Crippen LogP contribution in [-0.4, -0.2) is 27.9 Å². The molecule has 1 aromatic carbocycles. The molecule has 100 valence electrons. The zero-order chi connectivity index (χ0) is 13.9. The number of nitrogens with one attached hydrogen (secondary N) is 3. The average Bonchev–Trinajstić information content (AvgIpc) is 2.89. The summed E-state index contributed by atoms with van der Waals surface area (Å²) < 4.78 is 0. The normalized spacial score (nSPS) is 10.4. The van der Waals surface area contributed by atoms with E-state index in [9.17, 15) is 4.79 Å². The number of H-pyrrole nitrogens is 1. The van der Waals surface area contributed by atoms with Crippen LogP contribution in [0.4, 0.5) is 11.8 Å². The van der Waals surface area contributed by atoms with Gasteiger partial charge in [0.1, 0.15) is 11.5 Å². The van der Waals surface area contributed by atoms with Crippen LogP contribution < -0.4 is 10.6 Å². The second-order valence-corrected chi connectivity index (χ2v) is 4.21. The number of para-hydroxylation sites is 2. The number of benzene rings is 1. The average molecular weight is 267 g/mol. The summed E-state index contributed by atoms with van der Waals surface area (Å²) in [5.74, 6) is 0.747. The van der Waals surface area contributed by atoms with Gasteiger partial charge in [-0.25, -0.2) is 9.97 Å². The van der Waals surface area contributed by atoms with Crippen LogP contribution in [0.2, 0.25) is 0 Å². The van der Waals surface area contributed by atoms with Crippen LogP contribution in [0.25, 0.3) is 11.0 Å². The van der Waals surface area contributed by atoms with Gasteiger partial charge in [0.05, 0.1) is 11.0 Å². The van der Waals surface area contributed by atoms with E-state index in [1.165, 1.54) is 0 Å². The zero-order valence-corrected chi connectivity index (χ0v) is 10.8. The molecule has 6 nitrogen and oxygen atoms in total. The molecule has 0 aliphatic carbocycles. The molecule has 3 rings (SSSR count). The van der Waals surface area contributed by atoms with Gasteiger partial charge in [-0.1, -0.05) is 18.2 Å². The van der Waals surface area contributed by atoms with Gasteiger partial charge < -0.3 is 10.3 Å². The lowest BCUT2D eigenvalue weighted by Gasteiger charge is -2.03. The van der Waals surface area contributed by atoms with Crippen molar-refractivity contribution in [2.24, 2.45) is 0 Å². The summed E-state index contributed by atoms with van der Waals surface area (Å²) in [7, 11) is 1.75. The highest BCUT2D eigenvalue weighted by Crippen LogP contribution is 2.14. The minimum atomic E-state index is -0.304. The van der Waals surface area contributed by atoms with Gasteiger partial charge in [0, 0.05) is 7.05 Å². The van der Waals surface area contributed by atoms with Gasteiger partial charge in [-0.3, -0.25) is 10.1 Å². The van der Waals surface area contributed by atoms with Gasteiger partial charge in [-0.2, -0.15) is 0 Å². The largest absolute Gasteiger partial charge is 0.373 e. The number of rotatable bonds is 3. The maximum atomic E-state index is 12.1. The Hall–Kier alpha value is -2.89. The SMILES string of the molecule is CNc1cccc(C(=O)Nc2nc3ccccc3[nH]2)n1. The molecule has 0 fully saturated rings. The van der Waals surface area contributed by atoms with Crippen LogP contribution >= 0.6 is 0 Å². The number of aromatic amines is 1. The van der Waals surface area contributed by atoms with Crippen molar-refractivity contribution in [1.82, 2.24) is 15.0 Å². The van der Waals surface area contributed by atoms with Crippen LogP contribution in [0.5, 0.6) is 0 Å². The molecule has 0 saturated carbocycles. The molecule has 0 unspecified atom stereocenters. The predicted molar refractivity (Wildman–Crippen MR) is 77.8 cm³/mol. The standard InChI is InChI=1S/C14H13N5O/c1-15-12-8-4-7-11(16-12)13(20)19-14-17-9-5-2-3-6-10(9)18-14/h2-8H,1H3,(H,15,16)(H2,17,18,19,20). The Labute approximate surface area is 115 Å². The molecule has 2 heterocycles. The highest BCUT2D eigenvalue weighted by Gasteiger charge is 2.10. The third kappa shape index (κ3) is 2.31. The Morgan fingerprint density at radius 3 is 2.75 bits per heavy atom. The van der Waals surface area contributed by atoms with Gasteiger partial charge in [-0.15, -0.1) is 0 Å². The first-order valence-electron chi connectivity index (χ1n) is 6.17. The van der Waals surface area contributed by atoms with Crippen molar-refractivity contribution in [3.63, 3.8) is 0 Å². The lowest BCUT2D eigenvalue weighted by molar-refractivity contribution is 0.102. The maximum absolute atomic E-state index is 12.1. The van der Waals surface area contributed by atoms with Crippen molar-refractivity contribution in [1.29, 1.82) is 0 Å². The van der Waals surface area contributed by atoms with Crippen molar-refractivity contribution in [2.45, 2.75) is 0 Å². The minimum absolute atomic E-state index is 0.304. The summed E-state index contributed by atoms with van der Waals surface area (Å²) >= 11 is 0. The number of nitrogens with zero attached hydrogens (tertiary/aromatic N) is 2. The van der Waals surface area contributed by atoms with Crippen LogP contribution in [0, 0.1) is 0 Å². The van der Waals surface area contributed by atoms with E-state index in [1.54, 1.807) is 25.2 Å². The minimum Gasteiger partial charge on any atom is -0.373 e. The molecule has 0 atom stereocenters. The molecule has 0 bridgehead atoms. The zero-order valence-electron chi connectivity index (χ0n) is 10.8. The molecule has 20 heavy (non-hydrogen) atoms. The fraction of sp³-hybridized carbons (Fsp3) is 0.0714. The van der Waals surface area contributed by atoms with E-state index >= 15 is 0 Å². The van der Waals surface area contributed by atoms with Gasteiger partial charge in [-0.05, 0) is 24.3 Å². The molecule has 0 radical (unpaired) electrons. The van der Waals surface area contributed by atoms with E-state index in [0.29, 0.717) is 17.5 Å². The molecule has 6 heteroatoms. The van der Waals surface area contributed by atoms with Gasteiger partial charge in [0.25, 0.3) is 5.91 Å². The maximum Gasteiger partial charge on any atom is 0.276 e. The number of carbonyl (C=O) groups excluding carboxylic acids is 1. The number of anilines is 2. The second kappa shape index (κ2) is 5.00. The third-order valence-corrected chi connectivity index (χ3v) is 2.86. The summed E-state index contributed by atoms with van der Waals surface area (Å²) in [5.41, 5.74) is 2.01. The fourth-order valence-electron chi connectivity index (χ4n) is 1.88. The summed E-state index contributed by atoms with van der Waals surface area (Å²) in [6.07, 6.45) is 0. The van der Waals surface area contributed by atoms with Gasteiger partial charge in [0.15, 0.2) is 0 Å². The highest BCUT2D eigenvalue weighted by molar-refractivity contribution is 6.02. The fourth-order valence-corrected chi connectivity index (χ4v) is 1.88. The summed E-state index contributed by atoms with van der Waals surface area (Å²) in [6, 6.07) is 12.8. The Morgan fingerprint density at radius 1 is 1.10 bits per heavy atom. The van der Waals surface area contributed by atoms with Crippen LogP contribution in [0.3, 0.4) is 0 Å². The van der Waals surface area contributed by atoms with Crippen molar-refractivity contribution in [2.75, 3.05) is 17.7 Å². The quantitative estimate of drug-likeness (QED) is 0.679. The van der Waals surface area contributed by atoms with Crippen LogP contribution in [-0.2, 0) is 0 Å². The van der Waals surface area contributed by atoms with Gasteiger partial charge >= 0.3 is 0 Å². The number of carbonyl (C=O) groups is 1. The number of fused-ring (bicyclic) bond motifs is 1. The van der Waals surface area contributed by atoms with Crippen molar-refractivity contribution in [3.05, 3.63) is 48.2 Å². The molecule has 0 aliphatic rings. The monoisotopic (exact) mass is 267 g/mol. The van der Waals surface area contributed by atoms with Crippen molar-refractivity contribution in [3.8, 4) is 0 Å². The smallest absolute Gasteiger partial charge is 0.276 e. The number of aromatic nitrogens is 3. The topological polar surface area (TPSA) is 82.7 Å². The molecule has 0 aliphatic heterocycles. The van der Waals surface area contributed by atoms with E-state index in [4.69, 9.17) is 0 Å². The molecule has 0 spiro atoms. The number of imidazole rings is 1. The first-order chi connectivity index (χ1) is 9.76. The van der Waals surface area contributed by atoms with E-state index in [-0.39, 0.29) is 5.91 Å². The molecule has 1 amide bonds. The van der Waals surface area contributed by atoms with Crippen LogP contribution in [0.15, 0.2) is 42.5 Å². The van der Waals surface area contributed by atoms with Crippen molar-refractivity contribution < 1.29 is 4.79 Å². The Balaban J connectivity index is 1.84.